The average molecular weight is 390 g/mol. The number of likely N-dealkylation sites (N-methyl/N-ethyl adjacent to an activating group) is 1. The molecule has 2 rings (SSSR count). The van der Waals surface area contributed by atoms with Gasteiger partial charge in [0, 0.05) is 17.8 Å². The number of para-hydroxylation sites is 1. The second kappa shape index (κ2) is 9.59. The minimum Gasteiger partial charge on any atom is -0.496 e. The Labute approximate surface area is 162 Å². The molecule has 0 spiro atoms. The van der Waals surface area contributed by atoms with E-state index in [0.29, 0.717) is 22.0 Å². The number of carbonyl (C=O) groups is 3. The fraction of sp³-hybridized carbons (Fsp3) is 0.211. The van der Waals surface area contributed by atoms with Crippen molar-refractivity contribution < 1.29 is 19.1 Å². The molecule has 0 radical (unpaired) electrons. The van der Waals surface area contributed by atoms with Gasteiger partial charge >= 0.3 is 0 Å². The Morgan fingerprint density at radius 3 is 2.41 bits per heavy atom. The molecule has 2 N–H and O–H groups in total. The Balaban J connectivity index is 1.83. The number of carbonyl (C=O) groups excluding carboxylic acids is 3. The van der Waals surface area contributed by atoms with Crippen molar-refractivity contribution in [1.82, 2.24) is 10.2 Å². The van der Waals surface area contributed by atoms with Crippen molar-refractivity contribution in [2.75, 3.05) is 32.6 Å². The summed E-state index contributed by atoms with van der Waals surface area (Å²) in [4.78, 5) is 37.6. The third kappa shape index (κ3) is 6.00. The smallest absolute Gasteiger partial charge is 0.255 e. The van der Waals surface area contributed by atoms with Crippen LogP contribution in [0.4, 0.5) is 5.69 Å². The number of hydrogen-bond acceptors (Lipinski definition) is 4. The first-order chi connectivity index (χ1) is 12.9. The number of nitrogens with one attached hydrogen (secondary N) is 2. The van der Waals surface area contributed by atoms with Gasteiger partial charge in [-0.05, 0) is 36.4 Å². The van der Waals surface area contributed by atoms with E-state index in [-0.39, 0.29) is 19.0 Å². The van der Waals surface area contributed by atoms with E-state index in [0.717, 1.165) is 0 Å². The summed E-state index contributed by atoms with van der Waals surface area (Å²) >= 11 is 5.79. The van der Waals surface area contributed by atoms with E-state index in [1.807, 2.05) is 0 Å². The van der Waals surface area contributed by atoms with Gasteiger partial charge in [0.25, 0.3) is 5.91 Å². The van der Waals surface area contributed by atoms with Crippen LogP contribution >= 0.6 is 11.6 Å². The highest BCUT2D eigenvalue weighted by molar-refractivity contribution is 6.30. The van der Waals surface area contributed by atoms with Gasteiger partial charge in [0.15, 0.2) is 0 Å². The molecule has 0 fully saturated rings. The summed E-state index contributed by atoms with van der Waals surface area (Å²) in [5, 5.41) is 5.75. The molecule has 0 aliphatic rings. The maximum atomic E-state index is 12.2. The second-order valence-electron chi connectivity index (χ2n) is 5.69. The number of methoxy groups -OCH3 is 1. The molecule has 0 heterocycles. The van der Waals surface area contributed by atoms with Crippen LogP contribution in [0.1, 0.15) is 10.4 Å². The lowest BCUT2D eigenvalue weighted by atomic mass is 10.2. The van der Waals surface area contributed by atoms with E-state index in [4.69, 9.17) is 16.3 Å². The van der Waals surface area contributed by atoms with Crippen molar-refractivity contribution >= 4 is 35.0 Å². The van der Waals surface area contributed by atoms with Gasteiger partial charge in [-0.2, -0.15) is 0 Å². The van der Waals surface area contributed by atoms with Gasteiger partial charge in [0.2, 0.25) is 11.8 Å². The summed E-state index contributed by atoms with van der Waals surface area (Å²) in [6.45, 7) is -0.381. The molecule has 0 bridgehead atoms. The molecule has 2 aromatic rings. The van der Waals surface area contributed by atoms with Gasteiger partial charge in [0.1, 0.15) is 5.75 Å². The summed E-state index contributed by atoms with van der Waals surface area (Å²) in [7, 11) is 2.95. The molecule has 0 aromatic heterocycles. The normalized spacial score (nSPS) is 10.0. The van der Waals surface area contributed by atoms with E-state index in [1.165, 1.54) is 19.1 Å². The summed E-state index contributed by atoms with van der Waals surface area (Å²) in [5.74, 6) is -0.772. The number of halogens is 1. The summed E-state index contributed by atoms with van der Waals surface area (Å²) in [6.07, 6.45) is 0. The zero-order valence-corrected chi connectivity index (χ0v) is 15.7. The lowest BCUT2D eigenvalue weighted by Gasteiger charge is -2.17. The minimum absolute atomic E-state index is 0.147. The van der Waals surface area contributed by atoms with Crippen molar-refractivity contribution in [1.29, 1.82) is 0 Å². The Bertz CT molecular complexity index is 824. The minimum atomic E-state index is -0.431. The van der Waals surface area contributed by atoms with Gasteiger partial charge in [-0.25, -0.2) is 0 Å². The van der Waals surface area contributed by atoms with Crippen molar-refractivity contribution in [3.05, 3.63) is 59.1 Å². The predicted molar refractivity (Wildman–Crippen MR) is 103 cm³/mol. The molecule has 0 aliphatic carbocycles. The monoisotopic (exact) mass is 389 g/mol. The maximum Gasteiger partial charge on any atom is 0.255 e. The van der Waals surface area contributed by atoms with E-state index in [1.54, 1.807) is 48.5 Å². The first kappa shape index (κ1) is 20.3. The highest BCUT2D eigenvalue weighted by atomic mass is 35.5. The largest absolute Gasteiger partial charge is 0.496 e. The molecule has 0 atom stereocenters. The van der Waals surface area contributed by atoms with Gasteiger partial charge in [-0.1, -0.05) is 23.7 Å². The molecule has 0 saturated heterocycles. The number of hydrogen-bond donors (Lipinski definition) is 2. The molecule has 142 valence electrons. The van der Waals surface area contributed by atoms with Gasteiger partial charge < -0.3 is 20.3 Å². The molecule has 0 aliphatic heterocycles. The van der Waals surface area contributed by atoms with Gasteiger partial charge in [-0.15, -0.1) is 0 Å². The van der Waals surface area contributed by atoms with Crippen LogP contribution in [-0.2, 0) is 9.59 Å². The quantitative estimate of drug-likeness (QED) is 0.759. The van der Waals surface area contributed by atoms with E-state index < -0.39 is 11.8 Å². The molecule has 8 heteroatoms. The second-order valence-corrected chi connectivity index (χ2v) is 6.12. The number of amides is 3. The Kier molecular flexibility index (Phi) is 7.19. The summed E-state index contributed by atoms with van der Waals surface area (Å²) in [5.41, 5.74) is 0.908. The topological polar surface area (TPSA) is 87.7 Å². The third-order valence-corrected chi connectivity index (χ3v) is 3.94. The van der Waals surface area contributed by atoms with E-state index in [2.05, 4.69) is 10.6 Å². The van der Waals surface area contributed by atoms with Crippen LogP contribution in [0.3, 0.4) is 0 Å². The molecule has 0 saturated carbocycles. The Morgan fingerprint density at radius 2 is 1.74 bits per heavy atom. The van der Waals surface area contributed by atoms with Crippen LogP contribution in [-0.4, -0.2) is 49.9 Å². The van der Waals surface area contributed by atoms with Crippen LogP contribution in [0.25, 0.3) is 0 Å². The molecular formula is C19H20ClN3O4. The summed E-state index contributed by atoms with van der Waals surface area (Å²) < 4.78 is 5.12. The fourth-order valence-electron chi connectivity index (χ4n) is 2.26. The van der Waals surface area contributed by atoms with E-state index in [9.17, 15) is 14.4 Å². The lowest BCUT2D eigenvalue weighted by molar-refractivity contribution is -0.132. The zero-order valence-electron chi connectivity index (χ0n) is 15.0. The number of nitrogens with zero attached hydrogens (tertiary/aromatic N) is 1. The number of ether oxygens (including phenoxy) is 1. The molecule has 3 amide bonds. The molecule has 0 unspecified atom stereocenters. The number of benzene rings is 2. The highest BCUT2D eigenvalue weighted by Gasteiger charge is 2.16. The number of rotatable bonds is 7. The van der Waals surface area contributed by atoms with Gasteiger partial charge in [0.05, 0.1) is 25.8 Å². The Morgan fingerprint density at radius 1 is 1.07 bits per heavy atom. The first-order valence-electron chi connectivity index (χ1n) is 8.11. The van der Waals surface area contributed by atoms with Crippen molar-refractivity contribution in [3.8, 4) is 5.75 Å². The van der Waals surface area contributed by atoms with Crippen LogP contribution in [0.15, 0.2) is 48.5 Å². The fourth-order valence-corrected chi connectivity index (χ4v) is 2.38. The van der Waals surface area contributed by atoms with E-state index >= 15 is 0 Å². The molecule has 7 nitrogen and oxygen atoms in total. The van der Waals surface area contributed by atoms with Crippen LogP contribution < -0.4 is 15.4 Å². The van der Waals surface area contributed by atoms with Crippen molar-refractivity contribution in [2.24, 2.45) is 0 Å². The predicted octanol–water partition coefficient (Wildman–Crippen LogP) is 2.18. The Hall–Kier alpha value is -3.06. The first-order valence-corrected chi connectivity index (χ1v) is 8.49. The van der Waals surface area contributed by atoms with Crippen LogP contribution in [0.5, 0.6) is 5.75 Å². The SMILES string of the molecule is COc1ccccc1C(=O)NCC(=O)N(C)CC(=O)Nc1ccc(Cl)cc1. The number of anilines is 1. The summed E-state index contributed by atoms with van der Waals surface area (Å²) in [6, 6.07) is 13.3. The zero-order chi connectivity index (χ0) is 19.8. The molecular weight excluding hydrogens is 370 g/mol. The van der Waals surface area contributed by atoms with Crippen molar-refractivity contribution in [2.45, 2.75) is 0 Å². The van der Waals surface area contributed by atoms with Gasteiger partial charge in [-0.3, -0.25) is 14.4 Å². The maximum absolute atomic E-state index is 12.2. The lowest BCUT2D eigenvalue weighted by Crippen LogP contribution is -2.41. The molecule has 2 aromatic carbocycles. The standard InChI is InChI=1S/C19H20ClN3O4/c1-23(12-17(24)22-14-9-7-13(20)8-10-14)18(25)11-21-19(26)15-5-3-4-6-16(15)27-2/h3-10H,11-12H2,1-2H3,(H,21,26)(H,22,24). The molecule has 27 heavy (non-hydrogen) atoms. The van der Waals surface area contributed by atoms with Crippen molar-refractivity contribution in [3.63, 3.8) is 0 Å². The third-order valence-electron chi connectivity index (χ3n) is 3.69. The van der Waals surface area contributed by atoms with Crippen LogP contribution in [0.2, 0.25) is 5.02 Å². The average Bonchev–Trinajstić information content (AvgIpc) is 2.67. The van der Waals surface area contributed by atoms with Crippen LogP contribution in [0, 0.1) is 0 Å². The highest BCUT2D eigenvalue weighted by Crippen LogP contribution is 2.16.